The van der Waals surface area contributed by atoms with Crippen molar-refractivity contribution in [2.45, 2.75) is 26.9 Å². The molecule has 0 saturated carbocycles. The fourth-order valence-electron chi connectivity index (χ4n) is 2.44. The maximum Gasteiger partial charge on any atom is 0.225 e. The number of hydrogen-bond acceptors (Lipinski definition) is 5. The van der Waals surface area contributed by atoms with Gasteiger partial charge >= 0.3 is 0 Å². The highest BCUT2D eigenvalue weighted by Gasteiger charge is 2.25. The number of H-pyrrole nitrogens is 1. The summed E-state index contributed by atoms with van der Waals surface area (Å²) >= 11 is 0. The molecule has 1 fully saturated rings. The summed E-state index contributed by atoms with van der Waals surface area (Å²) in [5, 5.41) is 0. The van der Waals surface area contributed by atoms with Crippen molar-refractivity contribution in [2.75, 3.05) is 24.6 Å². The van der Waals surface area contributed by atoms with E-state index in [4.69, 9.17) is 4.74 Å². The first-order valence-electron chi connectivity index (χ1n) is 6.82. The molecule has 106 valence electrons. The van der Waals surface area contributed by atoms with Crippen molar-refractivity contribution in [1.82, 2.24) is 19.9 Å². The van der Waals surface area contributed by atoms with E-state index in [1.54, 1.807) is 0 Å². The van der Waals surface area contributed by atoms with Gasteiger partial charge in [-0.3, -0.25) is 0 Å². The van der Waals surface area contributed by atoms with Crippen molar-refractivity contribution >= 4 is 5.95 Å². The molecule has 1 aliphatic rings. The van der Waals surface area contributed by atoms with Gasteiger partial charge < -0.3 is 14.6 Å². The molecule has 0 aliphatic carbocycles. The van der Waals surface area contributed by atoms with Crippen LogP contribution in [0.3, 0.4) is 0 Å². The predicted molar refractivity (Wildman–Crippen MR) is 75.7 cm³/mol. The molecular weight excluding hydrogens is 254 g/mol. The van der Waals surface area contributed by atoms with Crippen LogP contribution in [0.25, 0.3) is 0 Å². The highest BCUT2D eigenvalue weighted by Crippen LogP contribution is 2.22. The van der Waals surface area contributed by atoms with Crippen molar-refractivity contribution in [3.63, 3.8) is 0 Å². The molecule has 6 nitrogen and oxygen atoms in total. The lowest BCUT2D eigenvalue weighted by molar-refractivity contribution is 0.0339. The zero-order valence-corrected chi connectivity index (χ0v) is 12.1. The average molecular weight is 273 g/mol. The number of aromatic nitrogens is 4. The van der Waals surface area contributed by atoms with Gasteiger partial charge in [0.05, 0.1) is 13.2 Å². The fraction of sp³-hybridized carbons (Fsp3) is 0.500. The summed E-state index contributed by atoms with van der Waals surface area (Å²) < 4.78 is 5.80. The van der Waals surface area contributed by atoms with Crippen LogP contribution in [0.15, 0.2) is 12.3 Å². The number of nitrogens with one attached hydrogen (secondary N) is 1. The molecule has 2 aromatic heterocycles. The van der Waals surface area contributed by atoms with Gasteiger partial charge in [0, 0.05) is 29.8 Å². The summed E-state index contributed by atoms with van der Waals surface area (Å²) in [5.74, 6) is 1.65. The Labute approximate surface area is 118 Å². The molecule has 20 heavy (non-hydrogen) atoms. The average Bonchev–Trinajstić information content (AvgIpc) is 2.85. The summed E-state index contributed by atoms with van der Waals surface area (Å²) in [5.41, 5.74) is 3.03. The minimum absolute atomic E-state index is 0.0538. The first kappa shape index (κ1) is 13.1. The van der Waals surface area contributed by atoms with Gasteiger partial charge in [-0.1, -0.05) is 0 Å². The van der Waals surface area contributed by atoms with Crippen LogP contribution in [-0.4, -0.2) is 39.6 Å². The number of anilines is 1. The Bertz CT molecular complexity index is 589. The van der Waals surface area contributed by atoms with Crippen LogP contribution in [0.4, 0.5) is 5.95 Å². The number of hydrogen-bond donors (Lipinski definition) is 1. The Morgan fingerprint density at radius 3 is 2.65 bits per heavy atom. The molecule has 0 radical (unpaired) electrons. The minimum Gasteiger partial charge on any atom is -0.367 e. The quantitative estimate of drug-likeness (QED) is 0.902. The second-order valence-corrected chi connectivity index (χ2v) is 5.21. The smallest absolute Gasteiger partial charge is 0.225 e. The second kappa shape index (κ2) is 5.20. The summed E-state index contributed by atoms with van der Waals surface area (Å²) in [7, 11) is 0. The number of aromatic amines is 1. The Kier molecular flexibility index (Phi) is 3.40. The van der Waals surface area contributed by atoms with Crippen LogP contribution >= 0.6 is 0 Å². The van der Waals surface area contributed by atoms with Crippen molar-refractivity contribution in [2.24, 2.45) is 0 Å². The van der Waals surface area contributed by atoms with Crippen molar-refractivity contribution in [1.29, 1.82) is 0 Å². The molecule has 1 atom stereocenters. The molecule has 0 aromatic carbocycles. The SMILES string of the molecule is Cc1cc(C)nc(N2CCOC(c3ncc(C)[nH]3)C2)n1. The summed E-state index contributed by atoms with van der Waals surface area (Å²) in [6.45, 7) is 8.15. The molecular formula is C14H19N5O. The zero-order valence-electron chi connectivity index (χ0n) is 12.1. The second-order valence-electron chi connectivity index (χ2n) is 5.21. The number of nitrogens with zero attached hydrogens (tertiary/aromatic N) is 4. The van der Waals surface area contributed by atoms with Crippen molar-refractivity contribution < 1.29 is 4.74 Å². The molecule has 0 amide bonds. The van der Waals surface area contributed by atoms with Gasteiger partial charge in [0.2, 0.25) is 5.95 Å². The van der Waals surface area contributed by atoms with Gasteiger partial charge in [0.25, 0.3) is 0 Å². The van der Waals surface area contributed by atoms with Crippen LogP contribution in [0.1, 0.15) is 29.0 Å². The maximum absolute atomic E-state index is 5.80. The molecule has 1 unspecified atom stereocenters. The number of morpholine rings is 1. The molecule has 2 aromatic rings. The Morgan fingerprint density at radius 1 is 1.25 bits per heavy atom. The molecule has 3 rings (SSSR count). The predicted octanol–water partition coefficient (Wildman–Crippen LogP) is 1.70. The van der Waals surface area contributed by atoms with E-state index in [0.717, 1.165) is 41.9 Å². The zero-order chi connectivity index (χ0) is 14.1. The van der Waals surface area contributed by atoms with Crippen LogP contribution in [-0.2, 0) is 4.74 Å². The van der Waals surface area contributed by atoms with E-state index in [1.165, 1.54) is 0 Å². The molecule has 1 N–H and O–H groups in total. The van der Waals surface area contributed by atoms with Gasteiger partial charge in [0.1, 0.15) is 11.9 Å². The largest absolute Gasteiger partial charge is 0.367 e. The van der Waals surface area contributed by atoms with Crippen molar-refractivity contribution in [3.8, 4) is 0 Å². The van der Waals surface area contributed by atoms with Crippen molar-refractivity contribution in [3.05, 3.63) is 35.2 Å². The first-order chi connectivity index (χ1) is 9.61. The van der Waals surface area contributed by atoms with E-state index in [-0.39, 0.29) is 6.10 Å². The Hall–Kier alpha value is -1.95. The lowest BCUT2D eigenvalue weighted by Gasteiger charge is -2.32. The van der Waals surface area contributed by atoms with Gasteiger partial charge in [-0.2, -0.15) is 0 Å². The van der Waals surface area contributed by atoms with Crippen LogP contribution in [0.5, 0.6) is 0 Å². The lowest BCUT2D eigenvalue weighted by Crippen LogP contribution is -2.39. The Morgan fingerprint density at radius 2 is 2.00 bits per heavy atom. The van der Waals surface area contributed by atoms with Gasteiger partial charge in [-0.15, -0.1) is 0 Å². The highest BCUT2D eigenvalue weighted by atomic mass is 16.5. The molecule has 6 heteroatoms. The van der Waals surface area contributed by atoms with E-state index in [2.05, 4.69) is 24.8 Å². The maximum atomic E-state index is 5.80. The van der Waals surface area contributed by atoms with E-state index in [1.807, 2.05) is 33.0 Å². The summed E-state index contributed by atoms with van der Waals surface area (Å²) in [6.07, 6.45) is 1.77. The monoisotopic (exact) mass is 273 g/mol. The molecule has 1 aliphatic heterocycles. The molecule has 0 bridgehead atoms. The van der Waals surface area contributed by atoms with E-state index < -0.39 is 0 Å². The number of rotatable bonds is 2. The molecule has 3 heterocycles. The standard InChI is InChI=1S/C14H19N5O/c1-9-6-10(2)18-14(17-9)19-4-5-20-12(8-19)13-15-7-11(3)16-13/h6-7,12H,4-5,8H2,1-3H3,(H,15,16). The van der Waals surface area contributed by atoms with Crippen LogP contribution in [0.2, 0.25) is 0 Å². The van der Waals surface area contributed by atoms with E-state index in [0.29, 0.717) is 6.61 Å². The normalized spacial score (nSPS) is 19.4. The van der Waals surface area contributed by atoms with Gasteiger partial charge in [-0.25, -0.2) is 15.0 Å². The van der Waals surface area contributed by atoms with Gasteiger partial charge in [0.15, 0.2) is 0 Å². The molecule has 1 saturated heterocycles. The first-order valence-corrected chi connectivity index (χ1v) is 6.82. The number of imidazole rings is 1. The van der Waals surface area contributed by atoms with Crippen LogP contribution < -0.4 is 4.90 Å². The summed E-state index contributed by atoms with van der Waals surface area (Å²) in [6, 6.07) is 1.98. The third kappa shape index (κ3) is 2.65. The van der Waals surface area contributed by atoms with E-state index in [9.17, 15) is 0 Å². The third-order valence-electron chi connectivity index (χ3n) is 3.35. The minimum atomic E-state index is -0.0538. The Balaban J connectivity index is 1.81. The van der Waals surface area contributed by atoms with Crippen LogP contribution in [0, 0.1) is 20.8 Å². The third-order valence-corrected chi connectivity index (χ3v) is 3.35. The number of ether oxygens (including phenoxy) is 1. The highest BCUT2D eigenvalue weighted by molar-refractivity contribution is 5.33. The van der Waals surface area contributed by atoms with E-state index >= 15 is 0 Å². The number of aryl methyl sites for hydroxylation is 3. The fourth-order valence-corrected chi connectivity index (χ4v) is 2.44. The summed E-state index contributed by atoms with van der Waals surface area (Å²) in [4.78, 5) is 18.8. The topological polar surface area (TPSA) is 66.9 Å². The molecule has 0 spiro atoms. The lowest BCUT2D eigenvalue weighted by atomic mass is 10.2. The van der Waals surface area contributed by atoms with Gasteiger partial charge in [-0.05, 0) is 26.8 Å².